The van der Waals surface area contributed by atoms with Crippen LogP contribution in [-0.4, -0.2) is 24.7 Å². The largest absolute Gasteiger partial charge is 0.361 e. The molecule has 13 heavy (non-hydrogen) atoms. The molecule has 0 fully saturated rings. The second-order valence-corrected chi connectivity index (χ2v) is 4.45. The Morgan fingerprint density at radius 2 is 1.92 bits per heavy atom. The SMILES string of the molecule is CC(C)C(=O)CNCOC(C)(C)C. The van der Waals surface area contributed by atoms with Gasteiger partial charge < -0.3 is 4.74 Å². The zero-order chi connectivity index (χ0) is 10.5. The standard InChI is InChI=1S/C10H21NO2/c1-8(2)9(12)6-11-7-13-10(3,4)5/h8,11H,6-7H2,1-5H3. The smallest absolute Gasteiger partial charge is 0.149 e. The second kappa shape index (κ2) is 5.35. The van der Waals surface area contributed by atoms with Crippen LogP contribution in [0.4, 0.5) is 0 Å². The Hall–Kier alpha value is -0.410. The average molecular weight is 187 g/mol. The normalized spacial score (nSPS) is 12.2. The molecule has 0 bridgehead atoms. The molecule has 0 aromatic rings. The molecule has 0 aromatic carbocycles. The van der Waals surface area contributed by atoms with Gasteiger partial charge in [-0.2, -0.15) is 0 Å². The lowest BCUT2D eigenvalue weighted by Gasteiger charge is -2.19. The zero-order valence-corrected chi connectivity index (χ0v) is 9.31. The molecule has 0 radical (unpaired) electrons. The lowest BCUT2D eigenvalue weighted by atomic mass is 10.1. The van der Waals surface area contributed by atoms with Crippen LogP contribution in [0.15, 0.2) is 0 Å². The van der Waals surface area contributed by atoms with E-state index in [1.54, 1.807) is 0 Å². The Bertz CT molecular complexity index is 159. The Morgan fingerprint density at radius 1 is 1.38 bits per heavy atom. The van der Waals surface area contributed by atoms with Crippen molar-refractivity contribution in [2.75, 3.05) is 13.3 Å². The molecule has 3 heteroatoms. The molecular formula is C10H21NO2. The number of carbonyl (C=O) groups excluding carboxylic acids is 1. The maximum absolute atomic E-state index is 11.1. The van der Waals surface area contributed by atoms with Gasteiger partial charge in [-0.25, -0.2) is 0 Å². The van der Waals surface area contributed by atoms with E-state index in [1.807, 2.05) is 34.6 Å². The molecule has 0 rings (SSSR count). The molecule has 0 saturated carbocycles. The topological polar surface area (TPSA) is 38.3 Å². The van der Waals surface area contributed by atoms with E-state index in [-0.39, 0.29) is 17.3 Å². The first kappa shape index (κ1) is 12.6. The molecule has 3 nitrogen and oxygen atoms in total. The highest BCUT2D eigenvalue weighted by atomic mass is 16.5. The summed E-state index contributed by atoms with van der Waals surface area (Å²) in [5.41, 5.74) is -0.145. The summed E-state index contributed by atoms with van der Waals surface area (Å²) in [7, 11) is 0. The van der Waals surface area contributed by atoms with Crippen LogP contribution in [0, 0.1) is 5.92 Å². The van der Waals surface area contributed by atoms with E-state index in [0.717, 1.165) is 0 Å². The van der Waals surface area contributed by atoms with Crippen LogP contribution < -0.4 is 5.32 Å². The first-order valence-electron chi connectivity index (χ1n) is 4.70. The number of Topliss-reactive ketones (excluding diaryl/α,β-unsaturated/α-hetero) is 1. The number of ketones is 1. The Labute approximate surface area is 80.8 Å². The van der Waals surface area contributed by atoms with E-state index >= 15 is 0 Å². The van der Waals surface area contributed by atoms with Gasteiger partial charge in [0, 0.05) is 5.92 Å². The molecule has 0 aliphatic rings. The van der Waals surface area contributed by atoms with Crippen molar-refractivity contribution < 1.29 is 9.53 Å². The Morgan fingerprint density at radius 3 is 2.31 bits per heavy atom. The summed E-state index contributed by atoms with van der Waals surface area (Å²) in [6.07, 6.45) is 0. The number of rotatable bonds is 5. The highest BCUT2D eigenvalue weighted by Gasteiger charge is 2.10. The predicted molar refractivity (Wildman–Crippen MR) is 53.6 cm³/mol. The van der Waals surface area contributed by atoms with Gasteiger partial charge in [0.1, 0.15) is 5.78 Å². The van der Waals surface area contributed by atoms with E-state index in [0.29, 0.717) is 13.3 Å². The molecule has 0 aromatic heterocycles. The monoisotopic (exact) mass is 187 g/mol. The maximum atomic E-state index is 11.1. The van der Waals surface area contributed by atoms with Gasteiger partial charge in [-0.1, -0.05) is 13.8 Å². The molecule has 1 N–H and O–H groups in total. The van der Waals surface area contributed by atoms with Crippen molar-refractivity contribution in [1.82, 2.24) is 5.32 Å². The fourth-order valence-electron chi connectivity index (χ4n) is 0.646. The van der Waals surface area contributed by atoms with Crippen LogP contribution in [0.3, 0.4) is 0 Å². The lowest BCUT2D eigenvalue weighted by Crippen LogP contribution is -2.32. The van der Waals surface area contributed by atoms with Crippen LogP contribution in [0.25, 0.3) is 0 Å². The van der Waals surface area contributed by atoms with Crippen molar-refractivity contribution >= 4 is 5.78 Å². The summed E-state index contributed by atoms with van der Waals surface area (Å²) >= 11 is 0. The first-order chi connectivity index (χ1) is 5.83. The van der Waals surface area contributed by atoms with Crippen molar-refractivity contribution in [2.24, 2.45) is 5.92 Å². The summed E-state index contributed by atoms with van der Waals surface area (Å²) in [5.74, 6) is 0.319. The fraction of sp³-hybridized carbons (Fsp3) is 0.900. The third-order valence-electron chi connectivity index (χ3n) is 1.55. The summed E-state index contributed by atoms with van der Waals surface area (Å²) < 4.78 is 5.40. The molecule has 0 heterocycles. The van der Waals surface area contributed by atoms with Gasteiger partial charge in [-0.3, -0.25) is 10.1 Å². The summed E-state index contributed by atoms with van der Waals surface area (Å²) in [6, 6.07) is 0. The van der Waals surface area contributed by atoms with Crippen LogP contribution in [-0.2, 0) is 9.53 Å². The number of ether oxygens (including phenoxy) is 1. The molecule has 78 valence electrons. The summed E-state index contributed by atoms with van der Waals surface area (Å²) in [6.45, 7) is 10.6. The van der Waals surface area contributed by atoms with Crippen molar-refractivity contribution in [2.45, 2.75) is 40.2 Å². The predicted octanol–water partition coefficient (Wildman–Crippen LogP) is 1.57. The minimum Gasteiger partial charge on any atom is -0.361 e. The second-order valence-electron chi connectivity index (χ2n) is 4.45. The van der Waals surface area contributed by atoms with Crippen LogP contribution in [0.1, 0.15) is 34.6 Å². The third kappa shape index (κ3) is 7.94. The molecule has 0 atom stereocenters. The maximum Gasteiger partial charge on any atom is 0.149 e. The van der Waals surface area contributed by atoms with Crippen LogP contribution in [0.5, 0.6) is 0 Å². The molecule has 0 amide bonds. The van der Waals surface area contributed by atoms with E-state index in [4.69, 9.17) is 4.74 Å². The van der Waals surface area contributed by atoms with Gasteiger partial charge in [0.25, 0.3) is 0 Å². The first-order valence-corrected chi connectivity index (χ1v) is 4.70. The quantitative estimate of drug-likeness (QED) is 0.524. The van der Waals surface area contributed by atoms with Gasteiger partial charge >= 0.3 is 0 Å². The van der Waals surface area contributed by atoms with Gasteiger partial charge in [0.2, 0.25) is 0 Å². The fourth-order valence-corrected chi connectivity index (χ4v) is 0.646. The molecule has 0 spiro atoms. The van der Waals surface area contributed by atoms with E-state index < -0.39 is 0 Å². The molecule has 0 aliphatic carbocycles. The Kier molecular flexibility index (Phi) is 5.18. The highest BCUT2D eigenvalue weighted by molar-refractivity contribution is 5.82. The average Bonchev–Trinajstić information content (AvgIpc) is 1.95. The van der Waals surface area contributed by atoms with E-state index in [2.05, 4.69) is 5.32 Å². The van der Waals surface area contributed by atoms with E-state index in [9.17, 15) is 4.79 Å². The highest BCUT2D eigenvalue weighted by Crippen LogP contribution is 2.04. The van der Waals surface area contributed by atoms with Crippen LogP contribution >= 0.6 is 0 Å². The minimum atomic E-state index is -0.145. The zero-order valence-electron chi connectivity index (χ0n) is 9.31. The van der Waals surface area contributed by atoms with Crippen molar-refractivity contribution in [3.63, 3.8) is 0 Å². The third-order valence-corrected chi connectivity index (χ3v) is 1.55. The summed E-state index contributed by atoms with van der Waals surface area (Å²) in [5, 5.41) is 2.95. The van der Waals surface area contributed by atoms with Gasteiger partial charge in [0.05, 0.1) is 18.9 Å². The number of hydrogen-bond donors (Lipinski definition) is 1. The van der Waals surface area contributed by atoms with Gasteiger partial charge in [-0.05, 0) is 20.8 Å². The number of carbonyl (C=O) groups is 1. The minimum absolute atomic E-state index is 0.0992. The molecular weight excluding hydrogens is 166 g/mol. The lowest BCUT2D eigenvalue weighted by molar-refractivity contribution is -0.121. The van der Waals surface area contributed by atoms with Gasteiger partial charge in [-0.15, -0.1) is 0 Å². The molecule has 0 unspecified atom stereocenters. The number of nitrogens with one attached hydrogen (secondary N) is 1. The van der Waals surface area contributed by atoms with Crippen molar-refractivity contribution in [3.05, 3.63) is 0 Å². The van der Waals surface area contributed by atoms with Crippen molar-refractivity contribution in [1.29, 1.82) is 0 Å². The number of hydrogen-bond acceptors (Lipinski definition) is 3. The van der Waals surface area contributed by atoms with Crippen molar-refractivity contribution in [3.8, 4) is 0 Å². The molecule has 0 saturated heterocycles. The molecule has 0 aliphatic heterocycles. The van der Waals surface area contributed by atoms with Gasteiger partial charge in [0.15, 0.2) is 0 Å². The summed E-state index contributed by atoms with van der Waals surface area (Å²) in [4.78, 5) is 11.1. The van der Waals surface area contributed by atoms with E-state index in [1.165, 1.54) is 0 Å². The van der Waals surface area contributed by atoms with Crippen LogP contribution in [0.2, 0.25) is 0 Å². The Balaban J connectivity index is 3.42.